The van der Waals surface area contributed by atoms with Crippen LogP contribution in [0.2, 0.25) is 0 Å². The Kier molecular flexibility index (Phi) is 10.7. The van der Waals surface area contributed by atoms with Gasteiger partial charge in [0, 0.05) is 45.3 Å². The molecule has 1 aromatic carbocycles. The molecular formula is C22H30F2NO2Pt-. The van der Waals surface area contributed by atoms with E-state index in [1.54, 1.807) is 24.4 Å². The van der Waals surface area contributed by atoms with Crippen molar-refractivity contribution in [1.29, 1.82) is 0 Å². The molecule has 28 heavy (non-hydrogen) atoms. The van der Waals surface area contributed by atoms with Gasteiger partial charge in [-0.2, -0.15) is 0 Å². The average molecular weight is 574 g/mol. The van der Waals surface area contributed by atoms with Crippen molar-refractivity contribution in [3.63, 3.8) is 0 Å². The topological polar surface area (TPSA) is 53.4 Å². The summed E-state index contributed by atoms with van der Waals surface area (Å²) in [6.07, 6.45) is 1.11. The van der Waals surface area contributed by atoms with Crippen molar-refractivity contribution >= 4 is 0 Å². The normalized spacial score (nSPS) is 13.6. The van der Waals surface area contributed by atoms with Crippen molar-refractivity contribution in [3.05, 3.63) is 54.2 Å². The fraction of sp³-hybridized carbons (Fsp3) is 0.500. The number of nitrogens with zero attached hydrogens (tertiary/aromatic N) is 1. The Balaban J connectivity index is 0.000000505. The Morgan fingerprint density at radius 1 is 1.00 bits per heavy atom. The van der Waals surface area contributed by atoms with Crippen LogP contribution in [0, 0.1) is 28.5 Å². The number of aliphatic hydroxyl groups excluding tert-OH is 2. The molecule has 0 aliphatic carbocycles. The van der Waals surface area contributed by atoms with Gasteiger partial charge in [0.05, 0.1) is 12.2 Å². The van der Waals surface area contributed by atoms with Gasteiger partial charge in [0.25, 0.3) is 0 Å². The first kappa shape index (κ1) is 26.8. The molecule has 2 aromatic rings. The number of hydrogen-bond donors (Lipinski definition) is 2. The van der Waals surface area contributed by atoms with Crippen LogP contribution in [-0.4, -0.2) is 27.4 Å². The van der Waals surface area contributed by atoms with Gasteiger partial charge >= 0.3 is 0 Å². The summed E-state index contributed by atoms with van der Waals surface area (Å²) in [5.41, 5.74) is 0.343. The molecule has 0 aliphatic heterocycles. The zero-order chi connectivity index (χ0) is 20.8. The van der Waals surface area contributed by atoms with Crippen molar-refractivity contribution < 1.29 is 40.1 Å². The molecule has 0 spiro atoms. The maximum absolute atomic E-state index is 13.2. The van der Waals surface area contributed by atoms with Gasteiger partial charge in [-0.15, -0.1) is 12.1 Å². The third-order valence-electron chi connectivity index (χ3n) is 4.22. The molecule has 0 bridgehead atoms. The Morgan fingerprint density at radius 3 is 1.93 bits per heavy atom. The monoisotopic (exact) mass is 573 g/mol. The number of aliphatic hydroxyl groups is 2. The van der Waals surface area contributed by atoms with Gasteiger partial charge in [-0.1, -0.05) is 65.3 Å². The van der Waals surface area contributed by atoms with Crippen LogP contribution >= 0.6 is 0 Å². The molecular weight excluding hydrogens is 543 g/mol. The van der Waals surface area contributed by atoms with Gasteiger partial charge in [0.2, 0.25) is 0 Å². The summed E-state index contributed by atoms with van der Waals surface area (Å²) in [4.78, 5) is 3.95. The van der Waals surface area contributed by atoms with Gasteiger partial charge in [-0.25, -0.2) is 0 Å². The summed E-state index contributed by atoms with van der Waals surface area (Å²) in [6.45, 7) is 11.9. The van der Waals surface area contributed by atoms with Crippen LogP contribution in [0.3, 0.4) is 0 Å². The van der Waals surface area contributed by atoms with Crippen molar-refractivity contribution in [2.45, 2.75) is 60.2 Å². The second-order valence-electron chi connectivity index (χ2n) is 8.76. The van der Waals surface area contributed by atoms with Crippen LogP contribution in [0.1, 0.15) is 48.0 Å². The van der Waals surface area contributed by atoms with Crippen LogP contribution in [0.15, 0.2) is 36.5 Å². The Bertz CT molecular complexity index is 695. The van der Waals surface area contributed by atoms with E-state index in [0.717, 1.165) is 12.1 Å². The average Bonchev–Trinajstić information content (AvgIpc) is 2.54. The quantitative estimate of drug-likeness (QED) is 0.508. The number of pyridine rings is 1. The first-order chi connectivity index (χ1) is 12.3. The summed E-state index contributed by atoms with van der Waals surface area (Å²) in [5, 5.41) is 19.5. The smallest absolute Gasteiger partial charge is 0.0613 e. The third-order valence-corrected chi connectivity index (χ3v) is 4.22. The van der Waals surface area contributed by atoms with Crippen molar-refractivity contribution in [3.8, 4) is 11.3 Å². The maximum atomic E-state index is 13.2. The molecule has 0 radical (unpaired) electrons. The number of aromatic nitrogens is 1. The van der Waals surface area contributed by atoms with Crippen LogP contribution < -0.4 is 0 Å². The van der Waals surface area contributed by atoms with Gasteiger partial charge in [0.1, 0.15) is 0 Å². The Labute approximate surface area is 181 Å². The molecule has 3 nitrogen and oxygen atoms in total. The number of rotatable bonds is 3. The summed E-state index contributed by atoms with van der Waals surface area (Å²) in [6, 6.07) is 9.53. The van der Waals surface area contributed by atoms with E-state index in [0.29, 0.717) is 12.1 Å². The molecule has 0 saturated carbocycles. The zero-order valence-corrected chi connectivity index (χ0v) is 19.5. The number of benzene rings is 1. The first-order valence-electron chi connectivity index (χ1n) is 8.96. The van der Waals surface area contributed by atoms with E-state index >= 15 is 0 Å². The van der Waals surface area contributed by atoms with Crippen LogP contribution in [0.4, 0.5) is 8.78 Å². The Hall–Kier alpha value is -1.16. The van der Waals surface area contributed by atoms with Crippen molar-refractivity contribution in [2.24, 2.45) is 10.8 Å². The standard InChI is InChI=1S/C11H6F2N.C11H24O2.Pt/c12-8-4-5-9(10(13)7-8)11-3-1-2-6-14-11;1-10(2,3)8(12)7-9(13)11(4,5)6;/h1-4,6-7H;8-9,12-13H,7H2,1-6H3;/q-1;;. The van der Waals surface area contributed by atoms with Gasteiger partial charge < -0.3 is 15.2 Å². The van der Waals surface area contributed by atoms with Crippen molar-refractivity contribution in [2.75, 3.05) is 0 Å². The maximum Gasteiger partial charge on any atom is 0.0613 e. The molecule has 2 unspecified atom stereocenters. The van der Waals surface area contributed by atoms with Crippen molar-refractivity contribution in [1.82, 2.24) is 4.98 Å². The fourth-order valence-electron chi connectivity index (χ4n) is 2.07. The van der Waals surface area contributed by atoms with Gasteiger partial charge in [-0.3, -0.25) is 8.78 Å². The molecule has 0 aliphatic rings. The molecule has 2 rings (SSSR count). The third kappa shape index (κ3) is 8.89. The summed E-state index contributed by atoms with van der Waals surface area (Å²) >= 11 is 0. The van der Waals surface area contributed by atoms with Gasteiger partial charge in [0.15, 0.2) is 0 Å². The minimum atomic E-state index is -0.649. The van der Waals surface area contributed by atoms with E-state index in [1.165, 1.54) is 0 Å². The summed E-state index contributed by atoms with van der Waals surface area (Å²) < 4.78 is 25.8. The second kappa shape index (κ2) is 11.1. The van der Waals surface area contributed by atoms with Gasteiger partial charge in [-0.05, 0) is 22.6 Å². The molecule has 0 fully saturated rings. The van der Waals surface area contributed by atoms with E-state index in [2.05, 4.69) is 11.1 Å². The van der Waals surface area contributed by atoms with E-state index in [9.17, 15) is 19.0 Å². The van der Waals surface area contributed by atoms with E-state index in [1.807, 2.05) is 41.5 Å². The molecule has 160 valence electrons. The summed E-state index contributed by atoms with van der Waals surface area (Å²) in [5.74, 6) is -1.29. The van der Waals surface area contributed by atoms with E-state index in [4.69, 9.17) is 0 Å². The molecule has 6 heteroatoms. The second-order valence-corrected chi connectivity index (χ2v) is 8.76. The summed E-state index contributed by atoms with van der Waals surface area (Å²) in [7, 11) is 0. The molecule has 1 aromatic heterocycles. The van der Waals surface area contributed by atoms with Crippen LogP contribution in [0.5, 0.6) is 0 Å². The number of halogens is 2. The SMILES string of the molecule is CC(C)(C)C(O)CC(O)C(C)(C)C.Fc1c[c-]c(-c2ccccn2)c(F)c1.[Pt]. The molecule has 0 saturated heterocycles. The number of hydrogen-bond acceptors (Lipinski definition) is 3. The van der Waals surface area contributed by atoms with Crippen LogP contribution in [0.25, 0.3) is 11.3 Å². The van der Waals surface area contributed by atoms with Crippen LogP contribution in [-0.2, 0) is 21.1 Å². The first-order valence-corrected chi connectivity index (χ1v) is 8.96. The molecule has 1 heterocycles. The zero-order valence-electron chi connectivity index (χ0n) is 17.2. The minimum absolute atomic E-state index is 0. The molecule has 0 amide bonds. The Morgan fingerprint density at radius 2 is 1.54 bits per heavy atom. The van der Waals surface area contributed by atoms with E-state index < -0.39 is 23.8 Å². The predicted octanol–water partition coefficient (Wildman–Crippen LogP) is 5.01. The fourth-order valence-corrected chi connectivity index (χ4v) is 2.07. The van der Waals surface area contributed by atoms with E-state index in [-0.39, 0.29) is 37.5 Å². The molecule has 2 N–H and O–H groups in total. The minimum Gasteiger partial charge on any atom is -0.392 e. The molecule has 2 atom stereocenters. The largest absolute Gasteiger partial charge is 0.392 e. The predicted molar refractivity (Wildman–Crippen MR) is 104 cm³/mol.